The lowest BCUT2D eigenvalue weighted by Gasteiger charge is -2.22. The molecule has 2 rings (SSSR count). The molecule has 1 atom stereocenters. The third-order valence-corrected chi connectivity index (χ3v) is 3.62. The standard InChI is InChI=1S/C15H27N5/c1-4-7-16-15-17-10-12(2)14(19-15)18-13(3)11-20-8-5-6-9-20/h10,13H,4-9,11H2,1-3H3,(H2,16,17,18,19). The van der Waals surface area contributed by atoms with Gasteiger partial charge in [-0.3, -0.25) is 0 Å². The molecule has 1 aromatic heterocycles. The Morgan fingerprint density at radius 2 is 2.10 bits per heavy atom. The van der Waals surface area contributed by atoms with Crippen molar-refractivity contribution in [2.75, 3.05) is 36.8 Å². The minimum atomic E-state index is 0.403. The number of likely N-dealkylation sites (tertiary alicyclic amines) is 1. The van der Waals surface area contributed by atoms with Gasteiger partial charge >= 0.3 is 0 Å². The van der Waals surface area contributed by atoms with E-state index >= 15 is 0 Å². The predicted molar refractivity (Wildman–Crippen MR) is 84.3 cm³/mol. The van der Waals surface area contributed by atoms with Crippen LogP contribution in [0.4, 0.5) is 11.8 Å². The summed E-state index contributed by atoms with van der Waals surface area (Å²) in [7, 11) is 0. The Hall–Kier alpha value is -1.36. The van der Waals surface area contributed by atoms with E-state index in [0.717, 1.165) is 30.9 Å². The van der Waals surface area contributed by atoms with Crippen molar-refractivity contribution < 1.29 is 0 Å². The van der Waals surface area contributed by atoms with E-state index in [2.05, 4.69) is 46.3 Å². The third kappa shape index (κ3) is 4.34. The molecule has 2 heterocycles. The third-order valence-electron chi connectivity index (χ3n) is 3.62. The van der Waals surface area contributed by atoms with Crippen molar-refractivity contribution in [2.24, 2.45) is 0 Å². The minimum absolute atomic E-state index is 0.403. The molecule has 1 aliphatic rings. The monoisotopic (exact) mass is 277 g/mol. The molecule has 5 nitrogen and oxygen atoms in total. The molecule has 0 bridgehead atoms. The second kappa shape index (κ2) is 7.43. The summed E-state index contributed by atoms with van der Waals surface area (Å²) in [6, 6.07) is 0.403. The first-order valence-corrected chi connectivity index (χ1v) is 7.75. The summed E-state index contributed by atoms with van der Waals surface area (Å²) in [5, 5.41) is 6.76. The molecule has 0 aliphatic carbocycles. The van der Waals surface area contributed by atoms with Crippen LogP contribution in [0.5, 0.6) is 0 Å². The maximum Gasteiger partial charge on any atom is 0.224 e. The van der Waals surface area contributed by atoms with Crippen LogP contribution >= 0.6 is 0 Å². The summed E-state index contributed by atoms with van der Waals surface area (Å²) in [6.07, 6.45) is 5.63. The van der Waals surface area contributed by atoms with Crippen molar-refractivity contribution in [2.45, 2.75) is 46.1 Å². The Bertz CT molecular complexity index is 415. The summed E-state index contributed by atoms with van der Waals surface area (Å²) in [6.45, 7) is 10.9. The fourth-order valence-corrected chi connectivity index (χ4v) is 2.54. The molecule has 0 aromatic carbocycles. The van der Waals surface area contributed by atoms with Gasteiger partial charge in [-0.15, -0.1) is 0 Å². The van der Waals surface area contributed by atoms with Crippen molar-refractivity contribution >= 4 is 11.8 Å². The molecule has 0 radical (unpaired) electrons. The van der Waals surface area contributed by atoms with Gasteiger partial charge in [0.05, 0.1) is 0 Å². The number of aryl methyl sites for hydroxylation is 1. The molecule has 1 saturated heterocycles. The van der Waals surface area contributed by atoms with Gasteiger partial charge in [0, 0.05) is 30.9 Å². The number of rotatable bonds is 7. The summed E-state index contributed by atoms with van der Waals surface area (Å²) in [4.78, 5) is 11.4. The van der Waals surface area contributed by atoms with Crippen LogP contribution in [0.1, 0.15) is 38.7 Å². The predicted octanol–water partition coefficient (Wildman–Crippen LogP) is 2.50. The fourth-order valence-electron chi connectivity index (χ4n) is 2.54. The van der Waals surface area contributed by atoms with E-state index in [9.17, 15) is 0 Å². The highest BCUT2D eigenvalue weighted by atomic mass is 15.2. The van der Waals surface area contributed by atoms with E-state index in [1.54, 1.807) is 0 Å². The van der Waals surface area contributed by atoms with Crippen molar-refractivity contribution in [1.82, 2.24) is 14.9 Å². The van der Waals surface area contributed by atoms with Gasteiger partial charge in [-0.05, 0) is 46.2 Å². The van der Waals surface area contributed by atoms with E-state index in [1.807, 2.05) is 6.20 Å². The van der Waals surface area contributed by atoms with E-state index in [1.165, 1.54) is 25.9 Å². The van der Waals surface area contributed by atoms with Crippen LogP contribution in [0.2, 0.25) is 0 Å². The summed E-state index contributed by atoms with van der Waals surface area (Å²) < 4.78 is 0. The molecule has 112 valence electrons. The fraction of sp³-hybridized carbons (Fsp3) is 0.733. The maximum atomic E-state index is 4.57. The van der Waals surface area contributed by atoms with Crippen LogP contribution in [0, 0.1) is 6.92 Å². The lowest BCUT2D eigenvalue weighted by molar-refractivity contribution is 0.327. The Labute approximate surface area is 122 Å². The molecule has 0 spiro atoms. The summed E-state index contributed by atoms with van der Waals surface area (Å²) >= 11 is 0. The average molecular weight is 277 g/mol. The van der Waals surface area contributed by atoms with E-state index in [0.29, 0.717) is 12.0 Å². The van der Waals surface area contributed by atoms with Gasteiger partial charge in [0.1, 0.15) is 5.82 Å². The van der Waals surface area contributed by atoms with E-state index in [-0.39, 0.29) is 0 Å². The highest BCUT2D eigenvalue weighted by Crippen LogP contribution is 2.15. The Kier molecular flexibility index (Phi) is 5.59. The number of anilines is 2. The second-order valence-corrected chi connectivity index (χ2v) is 5.71. The zero-order chi connectivity index (χ0) is 14.4. The number of hydrogen-bond acceptors (Lipinski definition) is 5. The topological polar surface area (TPSA) is 53.1 Å². The average Bonchev–Trinajstić information content (AvgIpc) is 2.92. The molecule has 1 aromatic rings. The molecule has 1 fully saturated rings. The van der Waals surface area contributed by atoms with Gasteiger partial charge in [0.25, 0.3) is 0 Å². The molecule has 2 N–H and O–H groups in total. The van der Waals surface area contributed by atoms with Crippen molar-refractivity contribution in [3.8, 4) is 0 Å². The smallest absolute Gasteiger partial charge is 0.224 e. The van der Waals surface area contributed by atoms with Crippen molar-refractivity contribution in [1.29, 1.82) is 0 Å². The Morgan fingerprint density at radius 1 is 1.35 bits per heavy atom. The molecule has 20 heavy (non-hydrogen) atoms. The number of aromatic nitrogens is 2. The van der Waals surface area contributed by atoms with Gasteiger partial charge in [-0.25, -0.2) is 4.98 Å². The van der Waals surface area contributed by atoms with Gasteiger partial charge < -0.3 is 15.5 Å². The largest absolute Gasteiger partial charge is 0.366 e. The number of nitrogens with zero attached hydrogens (tertiary/aromatic N) is 3. The minimum Gasteiger partial charge on any atom is -0.366 e. The zero-order valence-corrected chi connectivity index (χ0v) is 12.9. The molecular weight excluding hydrogens is 250 g/mol. The van der Waals surface area contributed by atoms with Gasteiger partial charge in [0.2, 0.25) is 5.95 Å². The Morgan fingerprint density at radius 3 is 2.80 bits per heavy atom. The lowest BCUT2D eigenvalue weighted by atomic mass is 10.2. The molecule has 0 saturated carbocycles. The van der Waals surface area contributed by atoms with Crippen LogP contribution in [0.3, 0.4) is 0 Å². The zero-order valence-electron chi connectivity index (χ0n) is 12.9. The molecular formula is C15H27N5. The Balaban J connectivity index is 1.92. The first-order valence-electron chi connectivity index (χ1n) is 7.75. The summed E-state index contributed by atoms with van der Waals surface area (Å²) in [5.41, 5.74) is 1.10. The summed E-state index contributed by atoms with van der Waals surface area (Å²) in [5.74, 6) is 1.67. The first kappa shape index (κ1) is 15.0. The molecule has 0 amide bonds. The SMILES string of the molecule is CCCNc1ncc(C)c(NC(C)CN2CCCC2)n1. The lowest BCUT2D eigenvalue weighted by Crippen LogP contribution is -2.33. The molecule has 1 unspecified atom stereocenters. The van der Waals surface area contributed by atoms with Crippen LogP contribution in [0.15, 0.2) is 6.20 Å². The van der Waals surface area contributed by atoms with Gasteiger partial charge in [-0.2, -0.15) is 4.98 Å². The highest BCUT2D eigenvalue weighted by molar-refractivity contribution is 5.47. The van der Waals surface area contributed by atoms with Crippen LogP contribution < -0.4 is 10.6 Å². The highest BCUT2D eigenvalue weighted by Gasteiger charge is 2.15. The normalized spacial score (nSPS) is 17.1. The van der Waals surface area contributed by atoms with Crippen LogP contribution in [-0.2, 0) is 0 Å². The molecule has 5 heteroatoms. The number of nitrogens with one attached hydrogen (secondary N) is 2. The van der Waals surface area contributed by atoms with Crippen LogP contribution in [-0.4, -0.2) is 47.1 Å². The van der Waals surface area contributed by atoms with Gasteiger partial charge in [-0.1, -0.05) is 6.92 Å². The second-order valence-electron chi connectivity index (χ2n) is 5.71. The van der Waals surface area contributed by atoms with Crippen molar-refractivity contribution in [3.05, 3.63) is 11.8 Å². The maximum absolute atomic E-state index is 4.57. The van der Waals surface area contributed by atoms with E-state index in [4.69, 9.17) is 0 Å². The molecule has 1 aliphatic heterocycles. The van der Waals surface area contributed by atoms with Crippen LogP contribution in [0.25, 0.3) is 0 Å². The quantitative estimate of drug-likeness (QED) is 0.802. The van der Waals surface area contributed by atoms with Crippen molar-refractivity contribution in [3.63, 3.8) is 0 Å². The van der Waals surface area contributed by atoms with Gasteiger partial charge in [0.15, 0.2) is 0 Å². The first-order chi connectivity index (χ1) is 9.69. The van der Waals surface area contributed by atoms with E-state index < -0.39 is 0 Å². The number of hydrogen-bond donors (Lipinski definition) is 2.